The van der Waals surface area contributed by atoms with Gasteiger partial charge in [-0.05, 0) is 37.0 Å². The summed E-state index contributed by atoms with van der Waals surface area (Å²) in [6, 6.07) is 3.83. The van der Waals surface area contributed by atoms with E-state index in [1.54, 1.807) is 16.8 Å². The molecule has 0 spiro atoms. The van der Waals surface area contributed by atoms with Crippen LogP contribution in [0, 0.1) is 23.1 Å². The van der Waals surface area contributed by atoms with Crippen molar-refractivity contribution in [2.45, 2.75) is 50.9 Å². The van der Waals surface area contributed by atoms with Crippen molar-refractivity contribution in [2.75, 3.05) is 11.1 Å². The van der Waals surface area contributed by atoms with E-state index in [9.17, 15) is 14.3 Å². The zero-order valence-corrected chi connectivity index (χ0v) is 20.6. The van der Waals surface area contributed by atoms with E-state index in [2.05, 4.69) is 25.4 Å². The number of carbonyl (C=O) groups excluding carboxylic acids is 1. The van der Waals surface area contributed by atoms with E-state index in [4.69, 9.17) is 16.0 Å². The molecule has 1 saturated carbocycles. The lowest BCUT2D eigenvalue weighted by molar-refractivity contribution is -0.119. The standard InChI is InChI=1S/C26H24FN9O2/c1-26(14-8-16(27)15(10-28)19(37)9-14)20-21(29)33-22(34-23(20)35-25(26)38)18-11-36-24(30-12-31-36)17(32-18)7-13-5-3-2-4-6-13/h8-9,11-13,37H,2-7H2,1H3,(H3,29,33,34,35,38)/t26-/m1/s1. The number of fused-ring (bicyclic) bond motifs is 2. The third kappa shape index (κ3) is 3.61. The Morgan fingerprint density at radius 2 is 2.05 bits per heavy atom. The first-order valence-electron chi connectivity index (χ1n) is 12.4. The van der Waals surface area contributed by atoms with Crippen molar-refractivity contribution < 1.29 is 14.3 Å². The minimum Gasteiger partial charge on any atom is -0.506 e. The number of carbonyl (C=O) groups is 1. The zero-order valence-electron chi connectivity index (χ0n) is 20.6. The Labute approximate surface area is 216 Å². The molecule has 192 valence electrons. The van der Waals surface area contributed by atoms with Gasteiger partial charge in [-0.15, -0.1) is 0 Å². The number of hydrogen-bond donors (Lipinski definition) is 3. The number of benzene rings is 1. The highest BCUT2D eigenvalue weighted by Gasteiger charge is 2.48. The first-order chi connectivity index (χ1) is 18.3. The van der Waals surface area contributed by atoms with Gasteiger partial charge in [0.15, 0.2) is 11.5 Å². The van der Waals surface area contributed by atoms with Gasteiger partial charge in [0.05, 0.1) is 17.5 Å². The average Bonchev–Trinajstić information content (AvgIpc) is 3.47. The second kappa shape index (κ2) is 8.72. The Morgan fingerprint density at radius 3 is 2.79 bits per heavy atom. The number of nitrogen functional groups attached to an aromatic ring is 1. The first-order valence-corrected chi connectivity index (χ1v) is 12.4. The van der Waals surface area contributed by atoms with Gasteiger partial charge in [-0.3, -0.25) is 4.79 Å². The largest absolute Gasteiger partial charge is 0.506 e. The van der Waals surface area contributed by atoms with E-state index in [1.165, 1.54) is 38.6 Å². The third-order valence-electron chi connectivity index (χ3n) is 7.65. The van der Waals surface area contributed by atoms with Crippen LogP contribution in [0.3, 0.4) is 0 Å². The Morgan fingerprint density at radius 1 is 1.26 bits per heavy atom. The molecular formula is C26H24FN9O2. The highest BCUT2D eigenvalue weighted by atomic mass is 19.1. The molecule has 0 bridgehead atoms. The quantitative estimate of drug-likeness (QED) is 0.371. The minimum absolute atomic E-state index is 0.00410. The number of amides is 1. The van der Waals surface area contributed by atoms with Crippen LogP contribution in [0.15, 0.2) is 24.7 Å². The Bertz CT molecular complexity index is 1630. The summed E-state index contributed by atoms with van der Waals surface area (Å²) in [5.74, 6) is -1.16. The van der Waals surface area contributed by atoms with Crippen molar-refractivity contribution in [1.29, 1.82) is 5.26 Å². The number of aromatic nitrogens is 6. The number of nitrogens with zero attached hydrogens (tertiary/aromatic N) is 7. The Balaban J connectivity index is 1.44. The topological polar surface area (TPSA) is 168 Å². The molecule has 1 aliphatic carbocycles. The molecule has 11 nitrogen and oxygen atoms in total. The SMILES string of the molecule is C[C@]1(c2cc(O)c(C#N)c(F)c2)C(=O)Nc2nc(-c3cn4ncnc4c(CC4CCCCC4)n3)nc(N)c21. The monoisotopic (exact) mass is 513 g/mol. The van der Waals surface area contributed by atoms with Gasteiger partial charge in [-0.25, -0.2) is 28.8 Å². The van der Waals surface area contributed by atoms with Gasteiger partial charge < -0.3 is 16.2 Å². The molecule has 1 atom stereocenters. The van der Waals surface area contributed by atoms with Crippen LogP contribution in [0.2, 0.25) is 0 Å². The highest BCUT2D eigenvalue weighted by Crippen LogP contribution is 2.46. The van der Waals surface area contributed by atoms with Crippen molar-refractivity contribution in [3.8, 4) is 23.3 Å². The molecule has 2 aliphatic rings. The smallest absolute Gasteiger partial charge is 0.240 e. The fourth-order valence-corrected chi connectivity index (χ4v) is 5.59. The normalized spacial score (nSPS) is 19.3. The molecule has 12 heteroatoms. The second-order valence-corrected chi connectivity index (χ2v) is 10.0. The summed E-state index contributed by atoms with van der Waals surface area (Å²) in [6.07, 6.45) is 9.85. The number of rotatable bonds is 4. The summed E-state index contributed by atoms with van der Waals surface area (Å²) < 4.78 is 16.2. The number of hydrogen-bond acceptors (Lipinski definition) is 9. The van der Waals surface area contributed by atoms with E-state index in [1.807, 2.05) is 0 Å². The molecule has 0 radical (unpaired) electrons. The fraction of sp³-hybridized carbons (Fsp3) is 0.346. The van der Waals surface area contributed by atoms with E-state index in [0.717, 1.165) is 31.0 Å². The molecule has 3 aromatic heterocycles. The van der Waals surface area contributed by atoms with Crippen LogP contribution in [0.4, 0.5) is 16.0 Å². The van der Waals surface area contributed by atoms with Crippen LogP contribution in [0.5, 0.6) is 5.75 Å². The summed E-state index contributed by atoms with van der Waals surface area (Å²) in [5.41, 5.74) is 6.64. The van der Waals surface area contributed by atoms with Gasteiger partial charge >= 0.3 is 0 Å². The molecule has 1 fully saturated rings. The lowest BCUT2D eigenvalue weighted by atomic mass is 9.77. The van der Waals surface area contributed by atoms with Crippen LogP contribution in [0.1, 0.15) is 61.4 Å². The van der Waals surface area contributed by atoms with Crippen LogP contribution < -0.4 is 11.1 Å². The van der Waals surface area contributed by atoms with Gasteiger partial charge in [0.1, 0.15) is 52.3 Å². The van der Waals surface area contributed by atoms with Crippen molar-refractivity contribution >= 4 is 23.2 Å². The number of nitrogens with one attached hydrogen (secondary N) is 1. The molecule has 38 heavy (non-hydrogen) atoms. The second-order valence-electron chi connectivity index (χ2n) is 10.0. The summed E-state index contributed by atoms with van der Waals surface area (Å²) in [5, 5.41) is 26.3. The fourth-order valence-electron chi connectivity index (χ4n) is 5.59. The lowest BCUT2D eigenvalue weighted by Crippen LogP contribution is -2.33. The van der Waals surface area contributed by atoms with E-state index in [-0.39, 0.29) is 28.6 Å². The maximum atomic E-state index is 14.5. The highest BCUT2D eigenvalue weighted by molar-refractivity contribution is 6.09. The van der Waals surface area contributed by atoms with E-state index < -0.39 is 28.5 Å². The van der Waals surface area contributed by atoms with Gasteiger partial charge in [0.25, 0.3) is 0 Å². The molecule has 0 unspecified atom stereocenters. The van der Waals surface area contributed by atoms with Gasteiger partial charge in [0, 0.05) is 0 Å². The van der Waals surface area contributed by atoms with Crippen LogP contribution in [-0.2, 0) is 16.6 Å². The molecule has 4 heterocycles. The summed E-state index contributed by atoms with van der Waals surface area (Å²) in [4.78, 5) is 31.4. The zero-order chi connectivity index (χ0) is 26.6. The molecule has 1 aromatic carbocycles. The molecule has 0 saturated heterocycles. The van der Waals surface area contributed by atoms with Gasteiger partial charge in [-0.2, -0.15) is 10.4 Å². The number of aromatic hydroxyl groups is 1. The average molecular weight is 514 g/mol. The molecular weight excluding hydrogens is 489 g/mol. The van der Waals surface area contributed by atoms with E-state index >= 15 is 0 Å². The van der Waals surface area contributed by atoms with Crippen molar-refractivity contribution in [3.05, 3.63) is 52.9 Å². The number of phenols is 1. The maximum absolute atomic E-state index is 14.5. The Kier molecular flexibility index (Phi) is 5.45. The van der Waals surface area contributed by atoms with Crippen LogP contribution >= 0.6 is 0 Å². The Hall–Kier alpha value is -4.66. The van der Waals surface area contributed by atoms with Gasteiger partial charge in [-0.1, -0.05) is 32.1 Å². The molecule has 6 rings (SSSR count). The lowest BCUT2D eigenvalue weighted by Gasteiger charge is -2.24. The van der Waals surface area contributed by atoms with Crippen molar-refractivity contribution in [1.82, 2.24) is 29.5 Å². The summed E-state index contributed by atoms with van der Waals surface area (Å²) in [7, 11) is 0. The summed E-state index contributed by atoms with van der Waals surface area (Å²) >= 11 is 0. The summed E-state index contributed by atoms with van der Waals surface area (Å²) in [6.45, 7) is 1.54. The number of phenolic OH excluding ortho intramolecular Hbond substituents is 1. The molecule has 1 aliphatic heterocycles. The third-order valence-corrected chi connectivity index (χ3v) is 7.65. The van der Waals surface area contributed by atoms with E-state index in [0.29, 0.717) is 17.3 Å². The number of anilines is 2. The number of nitrogens with two attached hydrogens (primary N) is 1. The van der Waals surface area contributed by atoms with Crippen molar-refractivity contribution in [2.24, 2.45) is 5.92 Å². The molecule has 4 N–H and O–H groups in total. The maximum Gasteiger partial charge on any atom is 0.240 e. The minimum atomic E-state index is -1.50. The van der Waals surface area contributed by atoms with Crippen LogP contribution in [0.25, 0.3) is 17.2 Å². The molecule has 4 aromatic rings. The first kappa shape index (κ1) is 23.7. The molecule has 1 amide bonds. The number of halogens is 1. The predicted molar refractivity (Wildman–Crippen MR) is 134 cm³/mol. The number of nitriles is 1. The predicted octanol–water partition coefficient (Wildman–Crippen LogP) is 3.26. The van der Waals surface area contributed by atoms with Crippen molar-refractivity contribution in [3.63, 3.8) is 0 Å². The van der Waals surface area contributed by atoms with Crippen LogP contribution in [-0.4, -0.2) is 40.6 Å². The van der Waals surface area contributed by atoms with Gasteiger partial charge in [0.2, 0.25) is 5.91 Å².